The number of nitrogens with zero attached hydrogens (tertiary/aromatic N) is 1. The molecule has 0 amide bonds. The van der Waals surface area contributed by atoms with E-state index in [9.17, 15) is 37.7 Å². The van der Waals surface area contributed by atoms with Crippen molar-refractivity contribution in [2.45, 2.75) is 6.18 Å². The Morgan fingerprint density at radius 1 is 1.03 bits per heavy atom. The molecule has 0 spiro atoms. The molecule has 0 bridgehead atoms. The van der Waals surface area contributed by atoms with Crippen molar-refractivity contribution in [3.05, 3.63) is 62.7 Å². The van der Waals surface area contributed by atoms with Crippen LogP contribution in [0.25, 0.3) is 0 Å². The van der Waals surface area contributed by atoms with Gasteiger partial charge in [-0.3, -0.25) is 14.9 Å². The summed E-state index contributed by atoms with van der Waals surface area (Å²) < 4.78 is 52.9. The number of hydrogen-bond donors (Lipinski definition) is 0. The maximum Gasteiger partial charge on any atom is 0.416 e. The molecule has 2 rings (SSSR count). The van der Waals surface area contributed by atoms with Crippen LogP contribution in [0.1, 0.15) is 15.9 Å². The molecule has 0 fully saturated rings. The van der Waals surface area contributed by atoms with Crippen molar-refractivity contribution in [3.63, 3.8) is 0 Å². The van der Waals surface area contributed by atoms with Gasteiger partial charge in [0.05, 0.1) is 21.4 Å². The first-order valence-corrected chi connectivity index (χ1v) is 9.61. The molecule has 0 aliphatic rings. The molecule has 0 radical (unpaired) electrons. The molecule has 0 aliphatic carbocycles. The third kappa shape index (κ3) is 7.05. The van der Waals surface area contributed by atoms with E-state index in [1.807, 2.05) is 0 Å². The average Bonchev–Trinajstić information content (AvgIpc) is 2.76. The Bertz CT molecular complexity index is 1090. The van der Waals surface area contributed by atoms with Gasteiger partial charge in [0.25, 0.3) is 11.5 Å². The molecule has 0 saturated carbocycles. The Kier molecular flexibility index (Phi) is 8.60. The van der Waals surface area contributed by atoms with Gasteiger partial charge >= 0.3 is 18.1 Å². The van der Waals surface area contributed by atoms with Crippen LogP contribution in [0.15, 0.2) is 36.4 Å². The molecule has 33 heavy (non-hydrogen) atoms. The first-order valence-electron chi connectivity index (χ1n) is 8.70. The van der Waals surface area contributed by atoms with Crippen LogP contribution < -0.4 is 4.74 Å². The zero-order valence-corrected chi connectivity index (χ0v) is 17.7. The standard InChI is InChI=1S/C19H12Cl2F3NO8/c20-9-15(26)18(28)32-6-5-31-17(27)12-8-11(2-3-14(12)25(29)30)33-16-4-1-10(7-13(16)21)19(22,23)24/h1-4,7-8H,5-6,9H2. The molecule has 0 heterocycles. The molecular formula is C19H12Cl2F3NO8. The van der Waals surface area contributed by atoms with Crippen molar-refractivity contribution in [1.29, 1.82) is 0 Å². The molecule has 0 saturated heterocycles. The third-order valence-electron chi connectivity index (χ3n) is 3.77. The second-order valence-electron chi connectivity index (χ2n) is 6.01. The average molecular weight is 510 g/mol. The number of rotatable bonds is 9. The Hall–Kier alpha value is -3.38. The summed E-state index contributed by atoms with van der Waals surface area (Å²) in [4.78, 5) is 44.8. The van der Waals surface area contributed by atoms with E-state index in [0.29, 0.717) is 6.07 Å². The van der Waals surface area contributed by atoms with Gasteiger partial charge in [-0.25, -0.2) is 9.59 Å². The number of alkyl halides is 4. The smallest absolute Gasteiger partial charge is 0.416 e. The fourth-order valence-corrected chi connectivity index (χ4v) is 2.60. The number of benzene rings is 2. The van der Waals surface area contributed by atoms with E-state index < -0.39 is 64.7 Å². The summed E-state index contributed by atoms with van der Waals surface area (Å²) in [6.07, 6.45) is -4.63. The molecule has 0 aliphatic heterocycles. The van der Waals surface area contributed by atoms with Gasteiger partial charge in [0.1, 0.15) is 30.3 Å². The minimum absolute atomic E-state index is 0.159. The summed E-state index contributed by atoms with van der Waals surface area (Å²) in [7, 11) is 0. The molecule has 9 nitrogen and oxygen atoms in total. The van der Waals surface area contributed by atoms with Gasteiger partial charge < -0.3 is 14.2 Å². The predicted molar refractivity (Wildman–Crippen MR) is 107 cm³/mol. The number of carbonyl (C=O) groups is 3. The lowest BCUT2D eigenvalue weighted by molar-refractivity contribution is -0.385. The minimum atomic E-state index is -4.63. The lowest BCUT2D eigenvalue weighted by Gasteiger charge is -2.12. The summed E-state index contributed by atoms with van der Waals surface area (Å²) in [5, 5.41) is 10.8. The van der Waals surface area contributed by atoms with Gasteiger partial charge in [0, 0.05) is 12.1 Å². The van der Waals surface area contributed by atoms with E-state index in [4.69, 9.17) is 32.7 Å². The number of carbonyl (C=O) groups excluding carboxylic acids is 3. The highest BCUT2D eigenvalue weighted by Gasteiger charge is 2.31. The summed E-state index contributed by atoms with van der Waals surface area (Å²) in [5.74, 6) is -4.39. The molecule has 14 heteroatoms. The first kappa shape index (κ1) is 25.9. The van der Waals surface area contributed by atoms with Crippen LogP contribution in [0, 0.1) is 10.1 Å². The Morgan fingerprint density at radius 2 is 1.70 bits per heavy atom. The van der Waals surface area contributed by atoms with Crippen molar-refractivity contribution in [2.75, 3.05) is 19.1 Å². The van der Waals surface area contributed by atoms with Crippen LogP contribution >= 0.6 is 23.2 Å². The predicted octanol–water partition coefficient (Wildman–Crippen LogP) is 4.57. The van der Waals surface area contributed by atoms with Crippen LogP contribution in [0.3, 0.4) is 0 Å². The highest BCUT2D eigenvalue weighted by atomic mass is 35.5. The summed E-state index contributed by atoms with van der Waals surface area (Å²) >= 11 is 11.0. The largest absolute Gasteiger partial charge is 0.458 e. The van der Waals surface area contributed by atoms with Gasteiger partial charge in [0.2, 0.25) is 0 Å². The number of ether oxygens (including phenoxy) is 3. The van der Waals surface area contributed by atoms with Gasteiger partial charge in [-0.05, 0) is 24.3 Å². The molecule has 2 aromatic rings. The molecular weight excluding hydrogens is 498 g/mol. The van der Waals surface area contributed by atoms with E-state index >= 15 is 0 Å². The molecule has 0 N–H and O–H groups in total. The van der Waals surface area contributed by atoms with Gasteiger partial charge in [-0.2, -0.15) is 13.2 Å². The molecule has 0 unspecified atom stereocenters. The highest BCUT2D eigenvalue weighted by molar-refractivity contribution is 6.45. The van der Waals surface area contributed by atoms with Crippen molar-refractivity contribution < 1.29 is 46.7 Å². The zero-order chi connectivity index (χ0) is 24.8. The van der Waals surface area contributed by atoms with Gasteiger partial charge in [-0.15, -0.1) is 11.6 Å². The van der Waals surface area contributed by atoms with E-state index in [0.717, 1.165) is 30.3 Å². The van der Waals surface area contributed by atoms with Gasteiger partial charge in [0.15, 0.2) is 0 Å². The van der Waals surface area contributed by atoms with Crippen molar-refractivity contribution >= 4 is 46.6 Å². The van der Waals surface area contributed by atoms with E-state index in [2.05, 4.69) is 4.74 Å². The lowest BCUT2D eigenvalue weighted by atomic mass is 10.1. The van der Waals surface area contributed by atoms with Gasteiger partial charge in [-0.1, -0.05) is 11.6 Å². The number of nitro groups is 1. The lowest BCUT2D eigenvalue weighted by Crippen LogP contribution is -2.21. The number of ketones is 1. The zero-order valence-electron chi connectivity index (χ0n) is 16.2. The normalized spacial score (nSPS) is 10.9. The molecule has 0 atom stereocenters. The van der Waals surface area contributed by atoms with Crippen molar-refractivity contribution in [3.8, 4) is 11.5 Å². The molecule has 176 valence electrons. The van der Waals surface area contributed by atoms with Crippen molar-refractivity contribution in [2.24, 2.45) is 0 Å². The second kappa shape index (κ2) is 11.0. The summed E-state index contributed by atoms with van der Waals surface area (Å²) in [5.41, 5.74) is -2.22. The second-order valence-corrected chi connectivity index (χ2v) is 6.68. The molecule has 0 aromatic heterocycles. The van der Waals surface area contributed by atoms with E-state index in [-0.39, 0.29) is 16.5 Å². The topological polar surface area (TPSA) is 122 Å². The summed E-state index contributed by atoms with van der Waals surface area (Å²) in [6, 6.07) is 5.25. The van der Waals surface area contributed by atoms with Crippen LogP contribution in [0.5, 0.6) is 11.5 Å². The maximum atomic E-state index is 12.8. The SMILES string of the molecule is O=C(CCl)C(=O)OCCOC(=O)c1cc(Oc2ccc(C(F)(F)F)cc2Cl)ccc1[N+](=O)[O-]. The fourth-order valence-electron chi connectivity index (χ4n) is 2.27. The number of nitro benzene ring substituents is 1. The van der Waals surface area contributed by atoms with Crippen LogP contribution in [0.4, 0.5) is 18.9 Å². The number of halogens is 5. The minimum Gasteiger partial charge on any atom is -0.458 e. The van der Waals surface area contributed by atoms with Crippen molar-refractivity contribution in [1.82, 2.24) is 0 Å². The molecule has 2 aromatic carbocycles. The van der Waals surface area contributed by atoms with Crippen LogP contribution in [0.2, 0.25) is 5.02 Å². The Labute approximate surface area is 193 Å². The monoisotopic (exact) mass is 509 g/mol. The van der Waals surface area contributed by atoms with Crippen LogP contribution in [-0.4, -0.2) is 41.7 Å². The number of hydrogen-bond acceptors (Lipinski definition) is 8. The number of esters is 2. The van der Waals surface area contributed by atoms with E-state index in [1.54, 1.807) is 0 Å². The Morgan fingerprint density at radius 3 is 2.27 bits per heavy atom. The summed E-state index contributed by atoms with van der Waals surface area (Å²) in [6.45, 7) is -1.05. The number of Topliss-reactive ketones (excluding diaryl/α,β-unsaturated/α-hetero) is 1. The maximum absolute atomic E-state index is 12.8. The Balaban J connectivity index is 2.16. The van der Waals surface area contributed by atoms with Crippen LogP contribution in [-0.2, 0) is 25.2 Å². The fraction of sp³-hybridized carbons (Fsp3) is 0.211. The first-order chi connectivity index (χ1) is 15.4. The quantitative estimate of drug-likeness (QED) is 0.120. The third-order valence-corrected chi connectivity index (χ3v) is 4.31. The highest BCUT2D eigenvalue weighted by Crippen LogP contribution is 2.37. The van der Waals surface area contributed by atoms with E-state index in [1.165, 1.54) is 0 Å².